The molecule has 2 nitrogen and oxygen atoms in total. The first-order valence-corrected chi connectivity index (χ1v) is 6.34. The number of rotatable bonds is 4. The van der Waals surface area contributed by atoms with Gasteiger partial charge in [0.15, 0.2) is 0 Å². The third kappa shape index (κ3) is 2.68. The molecule has 16 heavy (non-hydrogen) atoms. The van der Waals surface area contributed by atoms with E-state index in [0.717, 1.165) is 12.8 Å². The standard InChI is InChI=1S/C13H16N2S/c1-10-12(6-8-16-10)13(14)5-4-11-3-2-7-15-9-11/h2-3,6-9,13H,4-5,14H2,1H3. The minimum absolute atomic E-state index is 0.145. The Morgan fingerprint density at radius 1 is 1.44 bits per heavy atom. The smallest absolute Gasteiger partial charge is 0.0309 e. The highest BCUT2D eigenvalue weighted by molar-refractivity contribution is 7.10. The molecule has 0 aliphatic rings. The number of aryl methyl sites for hydroxylation is 2. The number of aromatic nitrogens is 1. The highest BCUT2D eigenvalue weighted by Crippen LogP contribution is 2.24. The molecule has 1 atom stereocenters. The van der Waals surface area contributed by atoms with Crippen LogP contribution in [0, 0.1) is 6.92 Å². The Bertz CT molecular complexity index is 436. The van der Waals surface area contributed by atoms with Gasteiger partial charge in [0.2, 0.25) is 0 Å². The monoisotopic (exact) mass is 232 g/mol. The number of pyridine rings is 1. The molecule has 0 amide bonds. The molecule has 0 saturated carbocycles. The fourth-order valence-corrected chi connectivity index (χ4v) is 2.58. The number of hydrogen-bond donors (Lipinski definition) is 1. The van der Waals surface area contributed by atoms with Crippen LogP contribution >= 0.6 is 11.3 Å². The molecule has 0 saturated heterocycles. The summed E-state index contributed by atoms with van der Waals surface area (Å²) < 4.78 is 0. The molecule has 2 aromatic heterocycles. The van der Waals surface area contributed by atoms with Crippen molar-refractivity contribution in [2.75, 3.05) is 0 Å². The molecule has 0 spiro atoms. The molecule has 84 valence electrons. The summed E-state index contributed by atoms with van der Waals surface area (Å²) in [5.74, 6) is 0. The maximum absolute atomic E-state index is 6.17. The van der Waals surface area contributed by atoms with Gasteiger partial charge in [-0.2, -0.15) is 0 Å². The van der Waals surface area contributed by atoms with Gasteiger partial charge in [-0.25, -0.2) is 0 Å². The number of nitrogens with zero attached hydrogens (tertiary/aromatic N) is 1. The molecule has 2 N–H and O–H groups in total. The first-order valence-electron chi connectivity index (χ1n) is 5.46. The van der Waals surface area contributed by atoms with Crippen LogP contribution in [0.3, 0.4) is 0 Å². The van der Waals surface area contributed by atoms with E-state index >= 15 is 0 Å². The maximum atomic E-state index is 6.17. The van der Waals surface area contributed by atoms with Gasteiger partial charge in [0, 0.05) is 23.3 Å². The Morgan fingerprint density at radius 3 is 2.94 bits per heavy atom. The Kier molecular flexibility index (Phi) is 3.70. The lowest BCUT2D eigenvalue weighted by atomic mass is 10.0. The summed E-state index contributed by atoms with van der Waals surface area (Å²) in [6.45, 7) is 2.13. The van der Waals surface area contributed by atoms with Crippen molar-refractivity contribution >= 4 is 11.3 Å². The zero-order valence-electron chi connectivity index (χ0n) is 9.39. The van der Waals surface area contributed by atoms with E-state index in [2.05, 4.69) is 29.4 Å². The van der Waals surface area contributed by atoms with Crippen LogP contribution in [0.5, 0.6) is 0 Å². The van der Waals surface area contributed by atoms with E-state index in [1.165, 1.54) is 16.0 Å². The lowest BCUT2D eigenvalue weighted by molar-refractivity contribution is 0.649. The van der Waals surface area contributed by atoms with E-state index in [1.54, 1.807) is 17.5 Å². The molecule has 3 heteroatoms. The predicted molar refractivity (Wildman–Crippen MR) is 68.5 cm³/mol. The van der Waals surface area contributed by atoms with Crippen molar-refractivity contribution < 1.29 is 0 Å². The Hall–Kier alpha value is -1.19. The van der Waals surface area contributed by atoms with Gasteiger partial charge in [0.1, 0.15) is 0 Å². The quantitative estimate of drug-likeness (QED) is 0.879. The average molecular weight is 232 g/mol. The van der Waals surface area contributed by atoms with Gasteiger partial charge in [-0.3, -0.25) is 4.98 Å². The van der Waals surface area contributed by atoms with Crippen LogP contribution in [0.15, 0.2) is 36.0 Å². The van der Waals surface area contributed by atoms with E-state index in [-0.39, 0.29) is 6.04 Å². The van der Waals surface area contributed by atoms with Crippen molar-refractivity contribution in [3.8, 4) is 0 Å². The zero-order valence-corrected chi connectivity index (χ0v) is 10.2. The molecule has 0 aliphatic carbocycles. The van der Waals surface area contributed by atoms with Crippen molar-refractivity contribution in [3.63, 3.8) is 0 Å². The molecule has 0 radical (unpaired) electrons. The third-order valence-electron chi connectivity index (χ3n) is 2.77. The Labute approximate surface area is 100 Å². The van der Waals surface area contributed by atoms with Gasteiger partial charge < -0.3 is 5.73 Å². The van der Waals surface area contributed by atoms with Gasteiger partial charge in [-0.1, -0.05) is 6.07 Å². The molecule has 0 bridgehead atoms. The van der Waals surface area contributed by atoms with Gasteiger partial charge in [0.25, 0.3) is 0 Å². The lowest BCUT2D eigenvalue weighted by Gasteiger charge is -2.11. The van der Waals surface area contributed by atoms with Crippen molar-refractivity contribution in [1.29, 1.82) is 0 Å². The van der Waals surface area contributed by atoms with Crippen LogP contribution in [0.1, 0.15) is 28.5 Å². The molecule has 0 fully saturated rings. The van der Waals surface area contributed by atoms with Crippen LogP contribution < -0.4 is 5.73 Å². The van der Waals surface area contributed by atoms with Crippen LogP contribution in [0.4, 0.5) is 0 Å². The molecule has 2 heterocycles. The zero-order chi connectivity index (χ0) is 11.4. The highest BCUT2D eigenvalue weighted by atomic mass is 32.1. The first kappa shape index (κ1) is 11.3. The van der Waals surface area contributed by atoms with Gasteiger partial charge in [-0.15, -0.1) is 11.3 Å². The minimum atomic E-state index is 0.145. The lowest BCUT2D eigenvalue weighted by Crippen LogP contribution is -2.11. The summed E-state index contributed by atoms with van der Waals surface area (Å²) in [6.07, 6.45) is 5.67. The van der Waals surface area contributed by atoms with Crippen molar-refractivity contribution in [1.82, 2.24) is 4.98 Å². The highest BCUT2D eigenvalue weighted by Gasteiger charge is 2.09. The summed E-state index contributed by atoms with van der Waals surface area (Å²) in [5.41, 5.74) is 8.72. The molecule has 2 rings (SSSR count). The Morgan fingerprint density at radius 2 is 2.31 bits per heavy atom. The van der Waals surface area contributed by atoms with Crippen molar-refractivity contribution in [3.05, 3.63) is 52.0 Å². The fraction of sp³-hybridized carbons (Fsp3) is 0.308. The molecular weight excluding hydrogens is 216 g/mol. The third-order valence-corrected chi connectivity index (χ3v) is 3.63. The molecule has 0 aliphatic heterocycles. The molecule has 2 aromatic rings. The van der Waals surface area contributed by atoms with Gasteiger partial charge >= 0.3 is 0 Å². The Balaban J connectivity index is 1.94. The van der Waals surface area contributed by atoms with Gasteiger partial charge in [-0.05, 0) is 48.4 Å². The van der Waals surface area contributed by atoms with E-state index in [9.17, 15) is 0 Å². The van der Waals surface area contributed by atoms with Crippen molar-refractivity contribution in [2.24, 2.45) is 5.73 Å². The van der Waals surface area contributed by atoms with Crippen LogP contribution in [-0.4, -0.2) is 4.98 Å². The molecular formula is C13H16N2S. The molecule has 0 aromatic carbocycles. The number of thiophene rings is 1. The van der Waals surface area contributed by atoms with Crippen LogP contribution in [0.2, 0.25) is 0 Å². The normalized spacial score (nSPS) is 12.6. The van der Waals surface area contributed by atoms with Gasteiger partial charge in [0.05, 0.1) is 0 Å². The van der Waals surface area contributed by atoms with Crippen LogP contribution in [-0.2, 0) is 6.42 Å². The summed E-state index contributed by atoms with van der Waals surface area (Å²) in [6, 6.07) is 6.34. The summed E-state index contributed by atoms with van der Waals surface area (Å²) in [5, 5.41) is 2.11. The van der Waals surface area contributed by atoms with E-state index in [0.29, 0.717) is 0 Å². The number of nitrogens with two attached hydrogens (primary N) is 1. The fourth-order valence-electron chi connectivity index (χ4n) is 1.80. The largest absolute Gasteiger partial charge is 0.324 e. The minimum Gasteiger partial charge on any atom is -0.324 e. The topological polar surface area (TPSA) is 38.9 Å². The van der Waals surface area contributed by atoms with Crippen LogP contribution in [0.25, 0.3) is 0 Å². The summed E-state index contributed by atoms with van der Waals surface area (Å²) in [7, 11) is 0. The van der Waals surface area contributed by atoms with E-state index < -0.39 is 0 Å². The number of hydrogen-bond acceptors (Lipinski definition) is 3. The summed E-state index contributed by atoms with van der Waals surface area (Å²) >= 11 is 1.76. The second-order valence-corrected chi connectivity index (χ2v) is 5.06. The SMILES string of the molecule is Cc1sccc1C(N)CCc1cccnc1. The summed E-state index contributed by atoms with van der Waals surface area (Å²) in [4.78, 5) is 5.44. The first-order chi connectivity index (χ1) is 7.77. The van der Waals surface area contributed by atoms with Crippen molar-refractivity contribution in [2.45, 2.75) is 25.8 Å². The second kappa shape index (κ2) is 5.23. The maximum Gasteiger partial charge on any atom is 0.0309 e. The van der Waals surface area contributed by atoms with E-state index in [1.807, 2.05) is 12.3 Å². The second-order valence-electron chi connectivity index (χ2n) is 3.94. The predicted octanol–water partition coefficient (Wildman–Crippen LogP) is 3.08. The molecule has 1 unspecified atom stereocenters. The van der Waals surface area contributed by atoms with E-state index in [4.69, 9.17) is 5.73 Å². The average Bonchev–Trinajstić information content (AvgIpc) is 2.74.